The van der Waals surface area contributed by atoms with E-state index < -0.39 is 15.8 Å². The molecule has 2 aromatic rings. The van der Waals surface area contributed by atoms with Crippen LogP contribution in [0.4, 0.5) is 10.1 Å². The van der Waals surface area contributed by atoms with Gasteiger partial charge in [-0.15, -0.1) is 0 Å². The molecule has 0 bridgehead atoms. The number of nitrogens with one attached hydrogen (secondary N) is 2. The number of ether oxygens (including phenoxy) is 1. The summed E-state index contributed by atoms with van der Waals surface area (Å²) in [7, 11) is -3.97. The van der Waals surface area contributed by atoms with E-state index in [0.717, 1.165) is 25.0 Å². The number of amides is 1. The molecule has 2 N–H and O–H groups in total. The first-order valence-corrected chi connectivity index (χ1v) is 10.1. The van der Waals surface area contributed by atoms with Gasteiger partial charge in [0, 0.05) is 13.2 Å². The number of benzene rings is 2. The average Bonchev–Trinajstić information content (AvgIpc) is 3.13. The number of carbonyl (C=O) groups is 1. The Balaban J connectivity index is 1.79. The van der Waals surface area contributed by atoms with Gasteiger partial charge in [0.15, 0.2) is 0 Å². The molecule has 1 fully saturated rings. The summed E-state index contributed by atoms with van der Waals surface area (Å²) >= 11 is 0. The second-order valence-corrected chi connectivity index (χ2v) is 8.06. The maximum Gasteiger partial charge on any atom is 0.262 e. The van der Waals surface area contributed by atoms with Crippen LogP contribution < -0.4 is 10.0 Å². The molecule has 27 heavy (non-hydrogen) atoms. The Morgan fingerprint density at radius 1 is 1.26 bits per heavy atom. The quantitative estimate of drug-likeness (QED) is 0.792. The third-order valence-corrected chi connectivity index (χ3v) is 5.88. The van der Waals surface area contributed by atoms with Crippen LogP contribution in [0, 0.1) is 12.7 Å². The first-order chi connectivity index (χ1) is 12.9. The van der Waals surface area contributed by atoms with E-state index in [9.17, 15) is 17.6 Å². The van der Waals surface area contributed by atoms with E-state index in [0.29, 0.717) is 13.2 Å². The molecule has 1 atom stereocenters. The molecule has 144 valence electrons. The van der Waals surface area contributed by atoms with Gasteiger partial charge in [-0.1, -0.05) is 12.1 Å². The average molecular weight is 392 g/mol. The van der Waals surface area contributed by atoms with E-state index >= 15 is 0 Å². The fourth-order valence-corrected chi connectivity index (χ4v) is 4.30. The van der Waals surface area contributed by atoms with Crippen LogP contribution in [0.15, 0.2) is 47.4 Å². The van der Waals surface area contributed by atoms with E-state index in [4.69, 9.17) is 4.74 Å². The molecular weight excluding hydrogens is 371 g/mol. The first-order valence-electron chi connectivity index (χ1n) is 8.64. The van der Waals surface area contributed by atoms with Crippen LogP contribution >= 0.6 is 0 Å². The predicted molar refractivity (Wildman–Crippen MR) is 99.7 cm³/mol. The van der Waals surface area contributed by atoms with Crippen LogP contribution in [0.25, 0.3) is 0 Å². The van der Waals surface area contributed by atoms with Crippen molar-refractivity contribution in [3.05, 3.63) is 59.4 Å². The second kappa shape index (κ2) is 8.06. The lowest BCUT2D eigenvalue weighted by molar-refractivity contribution is 0.0858. The number of sulfonamides is 1. The van der Waals surface area contributed by atoms with Crippen molar-refractivity contribution in [2.75, 3.05) is 17.9 Å². The van der Waals surface area contributed by atoms with Gasteiger partial charge in [-0.05, 0) is 55.7 Å². The SMILES string of the molecule is Cc1cc(F)ccc1S(=O)(=O)Nc1ccccc1C(=O)NCC1CCCO1. The van der Waals surface area contributed by atoms with Crippen molar-refractivity contribution < 1.29 is 22.3 Å². The highest BCUT2D eigenvalue weighted by atomic mass is 32.2. The molecule has 1 aliphatic heterocycles. The molecule has 1 saturated heterocycles. The van der Waals surface area contributed by atoms with Crippen LogP contribution in [0.2, 0.25) is 0 Å². The van der Waals surface area contributed by atoms with Gasteiger partial charge in [0.2, 0.25) is 0 Å². The highest BCUT2D eigenvalue weighted by molar-refractivity contribution is 7.92. The van der Waals surface area contributed by atoms with E-state index in [1.807, 2.05) is 0 Å². The highest BCUT2D eigenvalue weighted by Crippen LogP contribution is 2.23. The summed E-state index contributed by atoms with van der Waals surface area (Å²) in [5.41, 5.74) is 0.646. The van der Waals surface area contributed by atoms with Crippen LogP contribution in [-0.2, 0) is 14.8 Å². The monoisotopic (exact) mass is 392 g/mol. The van der Waals surface area contributed by atoms with Crippen LogP contribution in [0.3, 0.4) is 0 Å². The number of anilines is 1. The third-order valence-electron chi connectivity index (χ3n) is 4.36. The number of hydrogen-bond acceptors (Lipinski definition) is 4. The van der Waals surface area contributed by atoms with Crippen molar-refractivity contribution in [1.82, 2.24) is 5.32 Å². The van der Waals surface area contributed by atoms with Crippen molar-refractivity contribution in [3.8, 4) is 0 Å². The molecule has 1 unspecified atom stereocenters. The Labute approximate surface area is 157 Å². The van der Waals surface area contributed by atoms with Gasteiger partial charge in [0.1, 0.15) is 5.82 Å². The van der Waals surface area contributed by atoms with Crippen LogP contribution in [-0.4, -0.2) is 33.6 Å². The van der Waals surface area contributed by atoms with E-state index in [1.54, 1.807) is 18.2 Å². The molecule has 1 aliphatic rings. The number of para-hydroxylation sites is 1. The topological polar surface area (TPSA) is 84.5 Å². The predicted octanol–water partition coefficient (Wildman–Crippen LogP) is 2.84. The van der Waals surface area contributed by atoms with Gasteiger partial charge in [-0.2, -0.15) is 0 Å². The summed E-state index contributed by atoms with van der Waals surface area (Å²) in [4.78, 5) is 12.5. The van der Waals surface area contributed by atoms with Crippen molar-refractivity contribution >= 4 is 21.6 Å². The number of rotatable bonds is 6. The fourth-order valence-electron chi connectivity index (χ4n) is 2.99. The lowest BCUT2D eigenvalue weighted by Gasteiger charge is -2.15. The summed E-state index contributed by atoms with van der Waals surface area (Å²) in [5, 5.41) is 2.78. The summed E-state index contributed by atoms with van der Waals surface area (Å²) in [5.74, 6) is -0.903. The second-order valence-electron chi connectivity index (χ2n) is 6.41. The molecule has 2 aromatic carbocycles. The highest BCUT2D eigenvalue weighted by Gasteiger charge is 2.22. The standard InChI is InChI=1S/C19H21FN2O4S/c1-13-11-14(20)8-9-18(13)27(24,25)22-17-7-3-2-6-16(17)19(23)21-12-15-5-4-10-26-15/h2-3,6-9,11,15,22H,4-5,10,12H2,1H3,(H,21,23). The molecule has 0 aliphatic carbocycles. The number of carbonyl (C=O) groups excluding carboxylic acids is 1. The molecule has 0 spiro atoms. The Morgan fingerprint density at radius 3 is 2.74 bits per heavy atom. The zero-order chi connectivity index (χ0) is 19.4. The van der Waals surface area contributed by atoms with Gasteiger partial charge >= 0.3 is 0 Å². The van der Waals surface area contributed by atoms with E-state index in [-0.39, 0.29) is 33.7 Å². The molecule has 1 amide bonds. The minimum atomic E-state index is -3.97. The largest absolute Gasteiger partial charge is 0.376 e. The molecule has 8 heteroatoms. The van der Waals surface area contributed by atoms with Gasteiger partial charge < -0.3 is 10.1 Å². The molecule has 6 nitrogen and oxygen atoms in total. The van der Waals surface area contributed by atoms with Crippen LogP contribution in [0.1, 0.15) is 28.8 Å². The molecule has 1 heterocycles. The maximum atomic E-state index is 13.3. The smallest absolute Gasteiger partial charge is 0.262 e. The molecular formula is C19H21FN2O4S. The van der Waals surface area contributed by atoms with Crippen molar-refractivity contribution in [1.29, 1.82) is 0 Å². The van der Waals surface area contributed by atoms with Gasteiger partial charge in [-0.3, -0.25) is 9.52 Å². The van der Waals surface area contributed by atoms with Crippen LogP contribution in [0.5, 0.6) is 0 Å². The number of halogens is 1. The lowest BCUT2D eigenvalue weighted by Crippen LogP contribution is -2.32. The summed E-state index contributed by atoms with van der Waals surface area (Å²) in [6.07, 6.45) is 1.84. The zero-order valence-electron chi connectivity index (χ0n) is 14.9. The normalized spacial score (nSPS) is 16.9. The van der Waals surface area contributed by atoms with Gasteiger partial charge in [0.25, 0.3) is 15.9 Å². The lowest BCUT2D eigenvalue weighted by atomic mass is 10.1. The molecule has 0 saturated carbocycles. The molecule has 0 radical (unpaired) electrons. The summed E-state index contributed by atoms with van der Waals surface area (Å²) < 4.78 is 46.6. The Kier molecular flexibility index (Phi) is 5.76. The Morgan fingerprint density at radius 2 is 2.04 bits per heavy atom. The Bertz CT molecular complexity index is 940. The van der Waals surface area contributed by atoms with Gasteiger partial charge in [-0.25, -0.2) is 12.8 Å². The van der Waals surface area contributed by atoms with Crippen molar-refractivity contribution in [2.24, 2.45) is 0 Å². The van der Waals surface area contributed by atoms with E-state index in [2.05, 4.69) is 10.0 Å². The number of aryl methyl sites for hydroxylation is 1. The summed E-state index contributed by atoms with van der Waals surface area (Å²) in [6, 6.07) is 9.77. The fraction of sp³-hybridized carbons (Fsp3) is 0.316. The Hall–Kier alpha value is -2.45. The summed E-state index contributed by atoms with van der Waals surface area (Å²) in [6.45, 7) is 2.57. The maximum absolute atomic E-state index is 13.3. The van der Waals surface area contributed by atoms with Crippen molar-refractivity contribution in [3.63, 3.8) is 0 Å². The first kappa shape index (κ1) is 19.3. The minimum Gasteiger partial charge on any atom is -0.376 e. The van der Waals surface area contributed by atoms with E-state index in [1.165, 1.54) is 19.1 Å². The molecule has 3 rings (SSSR count). The molecule has 0 aromatic heterocycles. The van der Waals surface area contributed by atoms with Gasteiger partial charge in [0.05, 0.1) is 22.3 Å². The minimum absolute atomic E-state index is 0.0142. The number of hydrogen-bond donors (Lipinski definition) is 2. The zero-order valence-corrected chi connectivity index (χ0v) is 15.7. The third kappa shape index (κ3) is 4.64. The van der Waals surface area contributed by atoms with Crippen molar-refractivity contribution in [2.45, 2.75) is 30.8 Å².